The maximum Gasteiger partial charge on any atom is 0.337 e. The fourth-order valence-electron chi connectivity index (χ4n) is 5.48. The standard InChI is InChI=1S/C32H33N5O3S/c1-20-9-5-6-10-26(20)34-28(38)16-18-36-30(29(35-32(36)41)27-11-7-8-17-33-27)25-19-21(2)37(22(25)3)24-14-12-23(13-15-24)31(39)40-4/h5-15,17,19,29-30H,16,18H2,1-4H3,(H,34,38)(H,35,41)/t29-,30+/m1/s1. The van der Waals surface area contributed by atoms with E-state index in [2.05, 4.69) is 45.0 Å². The predicted octanol–water partition coefficient (Wildman–Crippen LogP) is 5.59. The highest BCUT2D eigenvalue weighted by Gasteiger charge is 2.41. The molecule has 2 aromatic carbocycles. The third-order valence-corrected chi connectivity index (χ3v) is 7.88. The lowest BCUT2D eigenvalue weighted by Gasteiger charge is -2.28. The van der Waals surface area contributed by atoms with E-state index in [9.17, 15) is 9.59 Å². The number of thiocarbonyl (C=S) groups is 1. The van der Waals surface area contributed by atoms with Crippen LogP contribution in [0, 0.1) is 20.8 Å². The lowest BCUT2D eigenvalue weighted by Crippen LogP contribution is -2.33. The Kier molecular flexibility index (Phi) is 8.16. The van der Waals surface area contributed by atoms with E-state index in [1.807, 2.05) is 61.5 Å². The van der Waals surface area contributed by atoms with Gasteiger partial charge in [0.05, 0.1) is 30.5 Å². The van der Waals surface area contributed by atoms with Gasteiger partial charge in [-0.25, -0.2) is 4.79 Å². The minimum absolute atomic E-state index is 0.0710. The van der Waals surface area contributed by atoms with Gasteiger partial charge in [-0.15, -0.1) is 0 Å². The molecule has 9 heteroatoms. The maximum atomic E-state index is 13.0. The van der Waals surface area contributed by atoms with E-state index in [1.54, 1.807) is 18.3 Å². The van der Waals surface area contributed by atoms with Gasteiger partial charge in [0.2, 0.25) is 5.91 Å². The van der Waals surface area contributed by atoms with Gasteiger partial charge < -0.3 is 24.8 Å². The monoisotopic (exact) mass is 567 g/mol. The van der Waals surface area contributed by atoms with E-state index in [0.717, 1.165) is 39.6 Å². The minimum atomic E-state index is -0.371. The summed E-state index contributed by atoms with van der Waals surface area (Å²) in [6.45, 7) is 6.55. The molecule has 1 aliphatic heterocycles. The Morgan fingerprint density at radius 3 is 2.44 bits per heavy atom. The van der Waals surface area contributed by atoms with Crippen LogP contribution in [0.25, 0.3) is 5.69 Å². The second kappa shape index (κ2) is 11.9. The van der Waals surface area contributed by atoms with E-state index in [4.69, 9.17) is 17.0 Å². The Bertz CT molecular complexity index is 1580. The van der Waals surface area contributed by atoms with Crippen molar-refractivity contribution in [2.45, 2.75) is 39.3 Å². The molecule has 2 atom stereocenters. The van der Waals surface area contributed by atoms with Crippen LogP contribution in [0.3, 0.4) is 0 Å². The predicted molar refractivity (Wildman–Crippen MR) is 163 cm³/mol. The van der Waals surface area contributed by atoms with Crippen molar-refractivity contribution in [2.75, 3.05) is 19.0 Å². The molecule has 4 aromatic rings. The van der Waals surface area contributed by atoms with Crippen LogP contribution in [-0.2, 0) is 9.53 Å². The van der Waals surface area contributed by atoms with Crippen LogP contribution >= 0.6 is 12.2 Å². The molecule has 0 spiro atoms. The van der Waals surface area contributed by atoms with Gasteiger partial charge in [0.15, 0.2) is 5.11 Å². The number of benzene rings is 2. The number of nitrogens with zero attached hydrogens (tertiary/aromatic N) is 3. The van der Waals surface area contributed by atoms with Gasteiger partial charge in [0, 0.05) is 41.9 Å². The number of hydrogen-bond donors (Lipinski definition) is 2. The van der Waals surface area contributed by atoms with Crippen molar-refractivity contribution in [2.24, 2.45) is 0 Å². The summed E-state index contributed by atoms with van der Waals surface area (Å²) in [6, 6.07) is 22.7. The molecule has 0 radical (unpaired) electrons. The van der Waals surface area contributed by atoms with Crippen LogP contribution < -0.4 is 10.6 Å². The molecule has 1 aliphatic rings. The summed E-state index contributed by atoms with van der Waals surface area (Å²) >= 11 is 5.83. The molecule has 1 amide bonds. The number of aromatic nitrogens is 2. The highest BCUT2D eigenvalue weighted by atomic mass is 32.1. The summed E-state index contributed by atoms with van der Waals surface area (Å²) in [5.41, 5.74) is 7.29. The number of hydrogen-bond acceptors (Lipinski definition) is 5. The van der Waals surface area contributed by atoms with Gasteiger partial charge in [0.25, 0.3) is 0 Å². The van der Waals surface area contributed by atoms with Crippen LogP contribution in [0.5, 0.6) is 0 Å². The first-order valence-electron chi connectivity index (χ1n) is 13.5. The molecule has 1 saturated heterocycles. The van der Waals surface area contributed by atoms with Crippen molar-refractivity contribution in [1.82, 2.24) is 19.8 Å². The molecule has 2 aromatic heterocycles. The molecule has 2 N–H and O–H groups in total. The SMILES string of the molecule is COC(=O)c1ccc(-n2c(C)cc([C@H]3[C@@H](c4ccccn4)NC(=S)N3CCC(=O)Nc3ccccc3C)c2C)cc1. The number of amides is 1. The molecule has 5 rings (SSSR count). The molecule has 210 valence electrons. The molecule has 0 saturated carbocycles. The van der Waals surface area contributed by atoms with Crippen LogP contribution in [0.4, 0.5) is 5.69 Å². The first-order valence-corrected chi connectivity index (χ1v) is 13.9. The van der Waals surface area contributed by atoms with Crippen LogP contribution in [0.15, 0.2) is 79.0 Å². The third-order valence-electron chi connectivity index (χ3n) is 7.53. The van der Waals surface area contributed by atoms with Crippen molar-refractivity contribution < 1.29 is 14.3 Å². The Balaban J connectivity index is 1.47. The van der Waals surface area contributed by atoms with Crippen LogP contribution in [-0.4, -0.2) is 45.1 Å². The molecule has 8 nitrogen and oxygen atoms in total. The normalized spacial score (nSPS) is 16.4. The third kappa shape index (κ3) is 5.71. The van der Waals surface area contributed by atoms with E-state index >= 15 is 0 Å². The molecule has 3 heterocycles. The van der Waals surface area contributed by atoms with Crippen LogP contribution in [0.2, 0.25) is 0 Å². The van der Waals surface area contributed by atoms with E-state index in [1.165, 1.54) is 7.11 Å². The largest absolute Gasteiger partial charge is 0.465 e. The Morgan fingerprint density at radius 2 is 1.76 bits per heavy atom. The number of methoxy groups -OCH3 is 1. The number of esters is 1. The summed E-state index contributed by atoms with van der Waals surface area (Å²) in [4.78, 5) is 31.7. The van der Waals surface area contributed by atoms with Gasteiger partial charge in [0.1, 0.15) is 0 Å². The molecular formula is C32H33N5O3S. The van der Waals surface area contributed by atoms with Gasteiger partial charge in [-0.3, -0.25) is 9.78 Å². The summed E-state index contributed by atoms with van der Waals surface area (Å²) < 4.78 is 7.01. The number of carbonyl (C=O) groups is 2. The molecular weight excluding hydrogens is 534 g/mol. The average molecular weight is 568 g/mol. The highest BCUT2D eigenvalue weighted by molar-refractivity contribution is 7.80. The van der Waals surface area contributed by atoms with Gasteiger partial charge in [-0.1, -0.05) is 24.3 Å². The molecule has 0 unspecified atom stereocenters. The average Bonchev–Trinajstić information content (AvgIpc) is 3.47. The molecule has 0 bridgehead atoms. The number of carbonyl (C=O) groups excluding carboxylic acids is 2. The van der Waals surface area contributed by atoms with Crippen molar-refractivity contribution in [1.29, 1.82) is 0 Å². The quantitative estimate of drug-likeness (QED) is 0.212. The second-order valence-electron chi connectivity index (χ2n) is 10.1. The lowest BCUT2D eigenvalue weighted by atomic mass is 9.96. The number of para-hydroxylation sites is 1. The summed E-state index contributed by atoms with van der Waals surface area (Å²) in [5.74, 6) is -0.442. The zero-order valence-corrected chi connectivity index (χ0v) is 24.4. The Labute approximate surface area is 245 Å². The Morgan fingerprint density at radius 1 is 1.02 bits per heavy atom. The van der Waals surface area contributed by atoms with Gasteiger partial charge in [-0.2, -0.15) is 0 Å². The molecule has 41 heavy (non-hydrogen) atoms. The summed E-state index contributed by atoms with van der Waals surface area (Å²) in [6.07, 6.45) is 2.05. The molecule has 1 fully saturated rings. The zero-order valence-electron chi connectivity index (χ0n) is 23.5. The number of aryl methyl sites for hydroxylation is 2. The number of pyridine rings is 1. The second-order valence-corrected chi connectivity index (χ2v) is 10.5. The lowest BCUT2D eigenvalue weighted by molar-refractivity contribution is -0.116. The van der Waals surface area contributed by atoms with E-state index < -0.39 is 0 Å². The topological polar surface area (TPSA) is 88.5 Å². The van der Waals surface area contributed by atoms with Crippen molar-refractivity contribution in [3.63, 3.8) is 0 Å². The summed E-state index contributed by atoms with van der Waals surface area (Å²) in [7, 11) is 1.37. The first-order chi connectivity index (χ1) is 19.8. The minimum Gasteiger partial charge on any atom is -0.465 e. The Hall–Kier alpha value is -4.50. The van der Waals surface area contributed by atoms with Crippen molar-refractivity contribution in [3.05, 3.63) is 113 Å². The molecule has 0 aliphatic carbocycles. The fraction of sp³-hybridized carbons (Fsp3) is 0.250. The van der Waals surface area contributed by atoms with E-state index in [-0.39, 0.29) is 30.4 Å². The number of anilines is 1. The van der Waals surface area contributed by atoms with Crippen LogP contribution in [0.1, 0.15) is 57.1 Å². The van der Waals surface area contributed by atoms with Crippen molar-refractivity contribution in [3.8, 4) is 5.69 Å². The smallest absolute Gasteiger partial charge is 0.337 e. The zero-order chi connectivity index (χ0) is 29.1. The van der Waals surface area contributed by atoms with Crippen molar-refractivity contribution >= 4 is 34.9 Å². The van der Waals surface area contributed by atoms with Gasteiger partial charge >= 0.3 is 5.97 Å². The number of ether oxygens (including phenoxy) is 1. The fourth-order valence-corrected chi connectivity index (χ4v) is 5.81. The maximum absolute atomic E-state index is 13.0. The summed E-state index contributed by atoms with van der Waals surface area (Å²) in [5, 5.41) is 7.09. The first kappa shape index (κ1) is 28.0. The van der Waals surface area contributed by atoms with E-state index in [0.29, 0.717) is 17.2 Å². The highest BCUT2D eigenvalue weighted by Crippen LogP contribution is 2.41. The number of rotatable bonds is 8. The number of nitrogens with one attached hydrogen (secondary N) is 2. The van der Waals surface area contributed by atoms with Gasteiger partial charge in [-0.05, 0) is 92.6 Å².